The van der Waals surface area contributed by atoms with Gasteiger partial charge in [0.2, 0.25) is 0 Å². The quantitative estimate of drug-likeness (QED) is 0.650. The van der Waals surface area contributed by atoms with Crippen molar-refractivity contribution < 1.29 is 14.7 Å². The third-order valence-electron chi connectivity index (χ3n) is 1.25. The van der Waals surface area contributed by atoms with Crippen molar-refractivity contribution in [3.63, 3.8) is 0 Å². The number of hydrogen-bond acceptors (Lipinski definition) is 2. The third-order valence-corrected chi connectivity index (χ3v) is 1.25. The minimum Gasteiger partial charge on any atom is -0.474 e. The first-order valence-corrected chi connectivity index (χ1v) is 3.78. The van der Waals surface area contributed by atoms with E-state index in [1.165, 1.54) is 5.56 Å². The molecule has 0 saturated heterocycles. The molecule has 4 nitrogen and oxygen atoms in total. The fraction of sp³-hybridized carbons (Fsp3) is 0. The molecule has 74 valence electrons. The summed E-state index contributed by atoms with van der Waals surface area (Å²) < 4.78 is 0. The van der Waals surface area contributed by atoms with E-state index in [2.05, 4.69) is 12.3 Å². The molecule has 0 saturated carbocycles. The maximum atomic E-state index is 9.32. The number of carboxylic acids is 1. The summed E-state index contributed by atoms with van der Waals surface area (Å²) >= 11 is 0. The van der Waals surface area contributed by atoms with Crippen LogP contribution >= 0.6 is 0 Å². The lowest BCUT2D eigenvalue weighted by Gasteiger charge is -1.85. The van der Waals surface area contributed by atoms with Crippen molar-refractivity contribution in [2.75, 3.05) is 0 Å². The van der Waals surface area contributed by atoms with Gasteiger partial charge in [-0.25, -0.2) is 4.79 Å². The SMILES string of the molecule is C=Cc1ccccc1.NC(=O)C(=O)O. The number of primary amides is 1. The first-order valence-electron chi connectivity index (χ1n) is 3.78. The maximum Gasteiger partial charge on any atom is 0.394 e. The van der Waals surface area contributed by atoms with Gasteiger partial charge in [0.15, 0.2) is 0 Å². The lowest BCUT2D eigenvalue weighted by Crippen LogP contribution is -2.21. The molecule has 0 spiro atoms. The van der Waals surface area contributed by atoms with E-state index in [1.807, 2.05) is 36.4 Å². The number of amides is 1. The topological polar surface area (TPSA) is 80.4 Å². The molecule has 4 heteroatoms. The van der Waals surface area contributed by atoms with Gasteiger partial charge in [-0.05, 0) is 5.56 Å². The Kier molecular flexibility index (Phi) is 5.46. The molecule has 0 radical (unpaired) electrons. The molecule has 1 amide bonds. The van der Waals surface area contributed by atoms with E-state index in [-0.39, 0.29) is 0 Å². The standard InChI is InChI=1S/C8H8.C2H3NO3/c1-2-8-6-4-3-5-7-8;3-1(4)2(5)6/h2-7H,1H2;(H2,3,4)(H,5,6). The molecule has 1 aromatic rings. The van der Waals surface area contributed by atoms with Gasteiger partial charge in [0.05, 0.1) is 0 Å². The number of hydrogen-bond donors (Lipinski definition) is 2. The minimum atomic E-state index is -1.60. The van der Waals surface area contributed by atoms with E-state index in [4.69, 9.17) is 5.11 Å². The highest BCUT2D eigenvalue weighted by atomic mass is 16.4. The van der Waals surface area contributed by atoms with Gasteiger partial charge in [-0.2, -0.15) is 0 Å². The van der Waals surface area contributed by atoms with Gasteiger partial charge in [0, 0.05) is 0 Å². The number of rotatable bonds is 1. The second-order valence-electron chi connectivity index (χ2n) is 2.28. The van der Waals surface area contributed by atoms with Crippen molar-refractivity contribution >= 4 is 18.0 Å². The molecule has 0 fully saturated rings. The van der Waals surface area contributed by atoms with Crippen LogP contribution in [0.25, 0.3) is 6.08 Å². The highest BCUT2D eigenvalue weighted by Gasteiger charge is 2.00. The fourth-order valence-corrected chi connectivity index (χ4v) is 0.589. The van der Waals surface area contributed by atoms with Crippen LogP contribution in [0.2, 0.25) is 0 Å². The summed E-state index contributed by atoms with van der Waals surface area (Å²) in [7, 11) is 0. The molecule has 0 aliphatic carbocycles. The second-order valence-corrected chi connectivity index (χ2v) is 2.28. The molecule has 0 unspecified atom stereocenters. The Labute approximate surface area is 81.7 Å². The normalized spacial score (nSPS) is 8.00. The summed E-state index contributed by atoms with van der Waals surface area (Å²) in [6.45, 7) is 3.63. The highest BCUT2D eigenvalue weighted by molar-refractivity contribution is 6.30. The van der Waals surface area contributed by atoms with Gasteiger partial charge in [-0.15, -0.1) is 0 Å². The van der Waals surface area contributed by atoms with E-state index < -0.39 is 11.9 Å². The molecule has 1 aromatic carbocycles. The van der Waals surface area contributed by atoms with E-state index in [0.29, 0.717) is 0 Å². The van der Waals surface area contributed by atoms with E-state index in [1.54, 1.807) is 0 Å². The van der Waals surface area contributed by atoms with Crippen LogP contribution in [0.4, 0.5) is 0 Å². The van der Waals surface area contributed by atoms with Gasteiger partial charge in [0.25, 0.3) is 0 Å². The van der Waals surface area contributed by atoms with Gasteiger partial charge in [-0.1, -0.05) is 43.0 Å². The minimum absolute atomic E-state index is 1.17. The smallest absolute Gasteiger partial charge is 0.394 e. The first kappa shape index (κ1) is 11.9. The molecule has 0 aliphatic rings. The van der Waals surface area contributed by atoms with E-state index in [0.717, 1.165) is 0 Å². The molecule has 0 aliphatic heterocycles. The number of benzene rings is 1. The summed E-state index contributed by atoms with van der Waals surface area (Å²) in [6.07, 6.45) is 1.83. The Morgan fingerprint density at radius 3 is 1.93 bits per heavy atom. The van der Waals surface area contributed by atoms with Crippen molar-refractivity contribution in [3.8, 4) is 0 Å². The summed E-state index contributed by atoms with van der Waals surface area (Å²) in [5, 5.41) is 7.52. The van der Waals surface area contributed by atoms with Crippen LogP contribution in [0.15, 0.2) is 36.9 Å². The monoisotopic (exact) mass is 193 g/mol. The summed E-state index contributed by atoms with van der Waals surface area (Å²) in [5.74, 6) is -2.93. The van der Waals surface area contributed by atoms with Crippen LogP contribution in [-0.2, 0) is 9.59 Å². The molecule has 0 heterocycles. The average molecular weight is 193 g/mol. The molecule has 0 atom stereocenters. The molecule has 1 rings (SSSR count). The number of nitrogens with two attached hydrogens (primary N) is 1. The number of carbonyl (C=O) groups is 2. The van der Waals surface area contributed by atoms with Crippen LogP contribution in [0.3, 0.4) is 0 Å². The van der Waals surface area contributed by atoms with Crippen molar-refractivity contribution in [1.82, 2.24) is 0 Å². The lowest BCUT2D eigenvalue weighted by atomic mass is 10.2. The highest BCUT2D eigenvalue weighted by Crippen LogP contribution is 1.97. The summed E-state index contributed by atoms with van der Waals surface area (Å²) in [6, 6.07) is 10.0. The Bertz CT molecular complexity index is 307. The first-order chi connectivity index (χ1) is 6.57. The van der Waals surface area contributed by atoms with Crippen molar-refractivity contribution in [2.45, 2.75) is 0 Å². The summed E-state index contributed by atoms with van der Waals surface area (Å²) in [5.41, 5.74) is 5.37. The van der Waals surface area contributed by atoms with Gasteiger partial charge in [-0.3, -0.25) is 4.79 Å². The fourth-order valence-electron chi connectivity index (χ4n) is 0.589. The number of carbonyl (C=O) groups excluding carboxylic acids is 1. The predicted octanol–water partition coefficient (Wildman–Crippen LogP) is 0.886. The predicted molar refractivity (Wildman–Crippen MR) is 53.4 cm³/mol. The maximum absolute atomic E-state index is 9.32. The van der Waals surface area contributed by atoms with Crippen LogP contribution in [0, 0.1) is 0 Å². The molecule has 0 aromatic heterocycles. The van der Waals surface area contributed by atoms with E-state index in [9.17, 15) is 9.59 Å². The van der Waals surface area contributed by atoms with Crippen molar-refractivity contribution in [3.05, 3.63) is 42.5 Å². The molecule has 0 bridgehead atoms. The second kappa shape index (κ2) is 6.42. The Balaban J connectivity index is 0.000000255. The number of carboxylic acid groups (broad SMARTS) is 1. The van der Waals surface area contributed by atoms with Crippen LogP contribution in [-0.4, -0.2) is 17.0 Å². The zero-order valence-corrected chi connectivity index (χ0v) is 7.51. The molecule has 14 heavy (non-hydrogen) atoms. The lowest BCUT2D eigenvalue weighted by molar-refractivity contribution is -0.148. The van der Waals surface area contributed by atoms with Crippen LogP contribution in [0.1, 0.15) is 5.56 Å². The molecular formula is C10H11NO3. The summed E-state index contributed by atoms with van der Waals surface area (Å²) in [4.78, 5) is 18.5. The van der Waals surface area contributed by atoms with Gasteiger partial charge >= 0.3 is 11.9 Å². The van der Waals surface area contributed by atoms with Gasteiger partial charge < -0.3 is 10.8 Å². The number of aliphatic carboxylic acids is 1. The van der Waals surface area contributed by atoms with Gasteiger partial charge in [0.1, 0.15) is 0 Å². The third kappa shape index (κ3) is 5.54. The Morgan fingerprint density at radius 2 is 1.71 bits per heavy atom. The van der Waals surface area contributed by atoms with E-state index >= 15 is 0 Å². The zero-order valence-electron chi connectivity index (χ0n) is 7.51. The Hall–Kier alpha value is -2.10. The van der Waals surface area contributed by atoms with Crippen LogP contribution in [0.5, 0.6) is 0 Å². The molecular weight excluding hydrogens is 182 g/mol. The van der Waals surface area contributed by atoms with Crippen molar-refractivity contribution in [1.29, 1.82) is 0 Å². The zero-order chi connectivity index (χ0) is 11.0. The van der Waals surface area contributed by atoms with Crippen LogP contribution < -0.4 is 5.73 Å². The molecule has 3 N–H and O–H groups in total. The largest absolute Gasteiger partial charge is 0.474 e. The van der Waals surface area contributed by atoms with Crippen molar-refractivity contribution in [2.24, 2.45) is 5.73 Å². The Morgan fingerprint density at radius 1 is 1.29 bits per heavy atom. The average Bonchev–Trinajstić information content (AvgIpc) is 2.20.